The Bertz CT molecular complexity index is 623. The molecule has 0 aliphatic carbocycles. The van der Waals surface area contributed by atoms with Crippen molar-refractivity contribution in [2.45, 2.75) is 46.0 Å². The predicted octanol–water partition coefficient (Wildman–Crippen LogP) is 2.85. The first-order valence-electron chi connectivity index (χ1n) is 9.21. The largest absolute Gasteiger partial charge is 0.493 e. The van der Waals surface area contributed by atoms with Gasteiger partial charge < -0.3 is 19.9 Å². The maximum absolute atomic E-state index is 12.0. The summed E-state index contributed by atoms with van der Waals surface area (Å²) in [5.74, 6) is -0.0794. The fraction of sp³-hybridized carbons (Fsp3) is 0.600. The van der Waals surface area contributed by atoms with Crippen molar-refractivity contribution in [1.82, 2.24) is 5.32 Å². The first-order valence-corrected chi connectivity index (χ1v) is 9.21. The van der Waals surface area contributed by atoms with Gasteiger partial charge in [-0.15, -0.1) is 0 Å². The fourth-order valence-electron chi connectivity index (χ4n) is 3.02. The van der Waals surface area contributed by atoms with Crippen LogP contribution in [0, 0.1) is 19.3 Å². The van der Waals surface area contributed by atoms with Gasteiger partial charge >= 0.3 is 5.97 Å². The molecule has 26 heavy (non-hydrogen) atoms. The lowest BCUT2D eigenvalue weighted by Crippen LogP contribution is -2.46. The number of unbranched alkanes of at least 4 members (excludes halogenated alkanes) is 1. The predicted molar refractivity (Wildman–Crippen MR) is 98.4 cm³/mol. The summed E-state index contributed by atoms with van der Waals surface area (Å²) in [7, 11) is 0. The molecule has 1 aromatic carbocycles. The highest BCUT2D eigenvalue weighted by molar-refractivity contribution is 5.79. The number of hydrogen-bond acceptors (Lipinski definition) is 4. The number of carbonyl (C=O) groups excluding carboxylic acids is 1. The lowest BCUT2D eigenvalue weighted by molar-refractivity contribution is -0.154. The highest BCUT2D eigenvalue weighted by Gasteiger charge is 2.40. The number of amides is 1. The van der Waals surface area contributed by atoms with Gasteiger partial charge in [0.05, 0.1) is 12.0 Å². The van der Waals surface area contributed by atoms with Gasteiger partial charge in [0, 0.05) is 26.2 Å². The van der Waals surface area contributed by atoms with Gasteiger partial charge in [-0.3, -0.25) is 9.59 Å². The van der Waals surface area contributed by atoms with E-state index in [4.69, 9.17) is 9.47 Å². The van der Waals surface area contributed by atoms with Gasteiger partial charge in [-0.1, -0.05) is 12.1 Å². The van der Waals surface area contributed by atoms with E-state index < -0.39 is 11.4 Å². The van der Waals surface area contributed by atoms with Crippen LogP contribution >= 0.6 is 0 Å². The van der Waals surface area contributed by atoms with Crippen LogP contribution < -0.4 is 10.1 Å². The molecule has 1 amide bonds. The number of aliphatic carboxylic acids is 1. The SMILES string of the molecule is Cc1ccc(C)c(OCCCCC(=O)NCC2(C(=O)O)CCOCC2)c1. The number of ether oxygens (including phenoxy) is 2. The van der Waals surface area contributed by atoms with E-state index in [9.17, 15) is 14.7 Å². The summed E-state index contributed by atoms with van der Waals surface area (Å²) in [6.45, 7) is 5.63. The van der Waals surface area contributed by atoms with Crippen LogP contribution in [0.25, 0.3) is 0 Å². The van der Waals surface area contributed by atoms with Crippen molar-refractivity contribution in [1.29, 1.82) is 0 Å². The molecule has 1 aliphatic rings. The molecule has 1 aliphatic heterocycles. The molecule has 1 saturated heterocycles. The maximum Gasteiger partial charge on any atom is 0.311 e. The van der Waals surface area contributed by atoms with Crippen molar-refractivity contribution in [2.24, 2.45) is 5.41 Å². The van der Waals surface area contributed by atoms with E-state index in [1.54, 1.807) is 0 Å². The lowest BCUT2D eigenvalue weighted by Gasteiger charge is -2.33. The molecule has 0 unspecified atom stereocenters. The number of aryl methyl sites for hydroxylation is 2. The number of benzene rings is 1. The first kappa shape index (κ1) is 20.2. The summed E-state index contributed by atoms with van der Waals surface area (Å²) in [5, 5.41) is 12.3. The Kier molecular flexibility index (Phi) is 7.45. The van der Waals surface area contributed by atoms with Gasteiger partial charge in [0.25, 0.3) is 0 Å². The van der Waals surface area contributed by atoms with Crippen LogP contribution in [0.3, 0.4) is 0 Å². The molecule has 0 saturated carbocycles. The van der Waals surface area contributed by atoms with E-state index in [1.165, 1.54) is 0 Å². The molecule has 144 valence electrons. The Morgan fingerprint density at radius 3 is 2.65 bits per heavy atom. The quantitative estimate of drug-likeness (QED) is 0.659. The molecule has 6 heteroatoms. The maximum atomic E-state index is 12.0. The third-order valence-electron chi connectivity index (χ3n) is 4.93. The zero-order chi connectivity index (χ0) is 19.0. The molecule has 6 nitrogen and oxygen atoms in total. The number of nitrogens with one attached hydrogen (secondary N) is 1. The zero-order valence-electron chi connectivity index (χ0n) is 15.7. The fourth-order valence-corrected chi connectivity index (χ4v) is 3.02. The summed E-state index contributed by atoms with van der Waals surface area (Å²) in [5.41, 5.74) is 1.37. The van der Waals surface area contributed by atoms with Crippen LogP contribution in [0.4, 0.5) is 0 Å². The summed E-state index contributed by atoms with van der Waals surface area (Å²) in [6, 6.07) is 6.10. The molecule has 1 fully saturated rings. The highest BCUT2D eigenvalue weighted by Crippen LogP contribution is 2.30. The summed E-state index contributed by atoms with van der Waals surface area (Å²) >= 11 is 0. The molecular formula is C20H29NO5. The van der Waals surface area contributed by atoms with E-state index in [0.29, 0.717) is 45.5 Å². The average Bonchev–Trinajstić information content (AvgIpc) is 2.63. The molecule has 0 bridgehead atoms. The van der Waals surface area contributed by atoms with Gasteiger partial charge in [-0.2, -0.15) is 0 Å². The Hall–Kier alpha value is -2.08. The number of carbonyl (C=O) groups is 2. The van der Waals surface area contributed by atoms with E-state index in [0.717, 1.165) is 23.3 Å². The average molecular weight is 363 g/mol. The normalized spacial score (nSPS) is 16.1. The Labute approximate surface area is 154 Å². The topological polar surface area (TPSA) is 84.9 Å². The minimum absolute atomic E-state index is 0.108. The van der Waals surface area contributed by atoms with Gasteiger partial charge in [0.2, 0.25) is 5.91 Å². The summed E-state index contributed by atoms with van der Waals surface area (Å²) < 4.78 is 11.0. The second-order valence-corrected chi connectivity index (χ2v) is 7.05. The lowest BCUT2D eigenvalue weighted by atomic mass is 9.80. The van der Waals surface area contributed by atoms with Gasteiger partial charge in [-0.25, -0.2) is 0 Å². The molecule has 0 atom stereocenters. The standard InChI is InChI=1S/C20H29NO5/c1-15-6-7-16(2)17(13-15)26-10-4-3-5-18(22)21-14-20(19(23)24)8-11-25-12-9-20/h6-7,13H,3-5,8-12,14H2,1-2H3,(H,21,22)(H,23,24). The third kappa shape index (κ3) is 5.73. The Balaban J connectivity index is 1.65. The highest BCUT2D eigenvalue weighted by atomic mass is 16.5. The first-order chi connectivity index (χ1) is 12.4. The third-order valence-corrected chi connectivity index (χ3v) is 4.93. The monoisotopic (exact) mass is 363 g/mol. The summed E-state index contributed by atoms with van der Waals surface area (Å²) in [6.07, 6.45) is 2.74. The number of hydrogen-bond donors (Lipinski definition) is 2. The molecule has 2 N–H and O–H groups in total. The van der Waals surface area contributed by atoms with E-state index in [-0.39, 0.29) is 12.5 Å². The second-order valence-electron chi connectivity index (χ2n) is 7.05. The van der Waals surface area contributed by atoms with Crippen LogP contribution in [0.1, 0.15) is 43.2 Å². The van der Waals surface area contributed by atoms with Crippen molar-refractivity contribution in [2.75, 3.05) is 26.4 Å². The second kappa shape index (κ2) is 9.57. The zero-order valence-corrected chi connectivity index (χ0v) is 15.7. The van der Waals surface area contributed by atoms with E-state index in [1.807, 2.05) is 26.0 Å². The van der Waals surface area contributed by atoms with Crippen molar-refractivity contribution in [3.63, 3.8) is 0 Å². The van der Waals surface area contributed by atoms with Crippen LogP contribution in [0.5, 0.6) is 5.75 Å². The van der Waals surface area contributed by atoms with Gasteiger partial charge in [-0.05, 0) is 56.7 Å². The van der Waals surface area contributed by atoms with Crippen LogP contribution in [-0.2, 0) is 14.3 Å². The smallest absolute Gasteiger partial charge is 0.311 e. The molecule has 0 spiro atoms. The molecule has 1 heterocycles. The van der Waals surface area contributed by atoms with Crippen LogP contribution in [0.2, 0.25) is 0 Å². The van der Waals surface area contributed by atoms with Crippen molar-refractivity contribution in [3.05, 3.63) is 29.3 Å². The van der Waals surface area contributed by atoms with E-state index in [2.05, 4.69) is 11.4 Å². The van der Waals surface area contributed by atoms with Crippen molar-refractivity contribution >= 4 is 11.9 Å². The van der Waals surface area contributed by atoms with E-state index >= 15 is 0 Å². The number of carboxylic acids is 1. The number of rotatable bonds is 9. The molecule has 0 aromatic heterocycles. The van der Waals surface area contributed by atoms with Crippen molar-refractivity contribution < 1.29 is 24.2 Å². The summed E-state index contributed by atoms with van der Waals surface area (Å²) in [4.78, 5) is 23.6. The molecular weight excluding hydrogens is 334 g/mol. The van der Waals surface area contributed by atoms with Crippen molar-refractivity contribution in [3.8, 4) is 5.75 Å². The molecule has 0 radical (unpaired) electrons. The van der Waals surface area contributed by atoms with Gasteiger partial charge in [0.15, 0.2) is 0 Å². The molecule has 2 rings (SSSR count). The number of carboxylic acid groups (broad SMARTS) is 1. The van der Waals surface area contributed by atoms with Gasteiger partial charge in [0.1, 0.15) is 5.75 Å². The molecule has 1 aromatic rings. The Morgan fingerprint density at radius 1 is 1.23 bits per heavy atom. The Morgan fingerprint density at radius 2 is 1.96 bits per heavy atom. The van der Waals surface area contributed by atoms with Crippen LogP contribution in [-0.4, -0.2) is 43.3 Å². The van der Waals surface area contributed by atoms with Crippen LogP contribution in [0.15, 0.2) is 18.2 Å². The minimum atomic E-state index is -0.889. The minimum Gasteiger partial charge on any atom is -0.493 e.